The molecule has 2 aromatic carbocycles. The van der Waals surface area contributed by atoms with Gasteiger partial charge in [0.25, 0.3) is 0 Å². The molecule has 0 aliphatic carbocycles. The number of rotatable bonds is 11. The number of hydrogen-bond acceptors (Lipinski definition) is 4. The summed E-state index contributed by atoms with van der Waals surface area (Å²) in [5.41, 5.74) is 1.59. The fourth-order valence-corrected chi connectivity index (χ4v) is 2.48. The molecule has 0 fully saturated rings. The molecule has 0 saturated heterocycles. The van der Waals surface area contributed by atoms with Gasteiger partial charge in [-0.1, -0.05) is 32.3 Å². The lowest BCUT2D eigenvalue weighted by Crippen LogP contribution is -2.21. The van der Waals surface area contributed by atoms with E-state index in [4.69, 9.17) is 9.47 Å². The third kappa shape index (κ3) is 7.05. The van der Waals surface area contributed by atoms with Gasteiger partial charge < -0.3 is 20.1 Å². The molecule has 0 unspecified atom stereocenters. The molecule has 5 nitrogen and oxygen atoms in total. The number of ether oxygens (including phenoxy) is 2. The van der Waals surface area contributed by atoms with Crippen LogP contribution in [0.5, 0.6) is 11.5 Å². The van der Waals surface area contributed by atoms with Crippen molar-refractivity contribution in [2.45, 2.75) is 32.6 Å². The second kappa shape index (κ2) is 11.0. The Morgan fingerprint density at radius 2 is 1.77 bits per heavy atom. The van der Waals surface area contributed by atoms with E-state index in [1.165, 1.54) is 19.3 Å². The fourth-order valence-electron chi connectivity index (χ4n) is 2.48. The number of anilines is 2. The monoisotopic (exact) mass is 356 g/mol. The summed E-state index contributed by atoms with van der Waals surface area (Å²) in [7, 11) is 1.60. The summed E-state index contributed by atoms with van der Waals surface area (Å²) in [6, 6.07) is 15.0. The fraction of sp³-hybridized carbons (Fsp3) is 0.381. The van der Waals surface area contributed by atoms with E-state index in [9.17, 15) is 4.79 Å². The van der Waals surface area contributed by atoms with E-state index < -0.39 is 0 Å². The molecule has 26 heavy (non-hydrogen) atoms. The van der Waals surface area contributed by atoms with Crippen molar-refractivity contribution in [3.8, 4) is 11.5 Å². The Bertz CT molecular complexity index is 671. The van der Waals surface area contributed by atoms with Crippen molar-refractivity contribution in [3.05, 3.63) is 48.5 Å². The Hall–Kier alpha value is -2.69. The average molecular weight is 356 g/mol. The summed E-state index contributed by atoms with van der Waals surface area (Å²) in [5.74, 6) is 1.45. The number of carbonyl (C=O) groups is 1. The van der Waals surface area contributed by atoms with Gasteiger partial charge in [0, 0.05) is 17.4 Å². The SMILES string of the molecule is CCCCCCOc1ccc(NCC(=O)Nc2cccc(OC)c2)cc1. The highest BCUT2D eigenvalue weighted by atomic mass is 16.5. The lowest BCUT2D eigenvalue weighted by Gasteiger charge is -2.10. The first-order valence-electron chi connectivity index (χ1n) is 9.12. The molecule has 2 aromatic rings. The van der Waals surface area contributed by atoms with Crippen LogP contribution in [0.2, 0.25) is 0 Å². The summed E-state index contributed by atoms with van der Waals surface area (Å²) >= 11 is 0. The quantitative estimate of drug-likeness (QED) is 0.573. The van der Waals surface area contributed by atoms with Crippen molar-refractivity contribution in [2.24, 2.45) is 0 Å². The van der Waals surface area contributed by atoms with Crippen LogP contribution in [-0.2, 0) is 4.79 Å². The molecule has 0 heterocycles. The number of nitrogens with one attached hydrogen (secondary N) is 2. The van der Waals surface area contributed by atoms with E-state index in [0.29, 0.717) is 11.4 Å². The van der Waals surface area contributed by atoms with Gasteiger partial charge in [0.05, 0.1) is 20.3 Å². The molecular weight excluding hydrogens is 328 g/mol. The van der Waals surface area contributed by atoms with Gasteiger partial charge in [0.2, 0.25) is 5.91 Å². The molecule has 0 atom stereocenters. The molecule has 1 amide bonds. The molecule has 0 radical (unpaired) electrons. The number of carbonyl (C=O) groups excluding carboxylic acids is 1. The molecule has 0 aromatic heterocycles. The highest BCUT2D eigenvalue weighted by Crippen LogP contribution is 2.18. The number of hydrogen-bond donors (Lipinski definition) is 2. The maximum Gasteiger partial charge on any atom is 0.243 e. The summed E-state index contributed by atoms with van der Waals surface area (Å²) < 4.78 is 10.9. The molecule has 0 bridgehead atoms. The van der Waals surface area contributed by atoms with Crippen LogP contribution in [0.15, 0.2) is 48.5 Å². The van der Waals surface area contributed by atoms with E-state index in [0.717, 1.165) is 24.5 Å². The summed E-state index contributed by atoms with van der Waals surface area (Å²) in [4.78, 5) is 12.0. The summed E-state index contributed by atoms with van der Waals surface area (Å²) in [6.07, 6.45) is 4.77. The van der Waals surface area contributed by atoms with E-state index >= 15 is 0 Å². The maximum absolute atomic E-state index is 12.0. The summed E-state index contributed by atoms with van der Waals surface area (Å²) in [6.45, 7) is 3.13. The molecule has 0 aliphatic heterocycles. The Morgan fingerprint density at radius 3 is 2.50 bits per heavy atom. The molecule has 2 rings (SSSR count). The van der Waals surface area contributed by atoms with Crippen LogP contribution in [0.4, 0.5) is 11.4 Å². The largest absolute Gasteiger partial charge is 0.497 e. The molecule has 0 spiro atoms. The van der Waals surface area contributed by atoms with E-state index in [2.05, 4.69) is 17.6 Å². The Balaban J connectivity index is 1.72. The van der Waals surface area contributed by atoms with Crippen LogP contribution in [0.25, 0.3) is 0 Å². The normalized spacial score (nSPS) is 10.2. The average Bonchev–Trinajstić information content (AvgIpc) is 2.67. The molecule has 2 N–H and O–H groups in total. The molecule has 0 saturated carbocycles. The van der Waals surface area contributed by atoms with Gasteiger partial charge in [-0.05, 0) is 42.8 Å². The van der Waals surface area contributed by atoms with E-state index in [1.54, 1.807) is 13.2 Å². The van der Waals surface area contributed by atoms with Crippen LogP contribution >= 0.6 is 0 Å². The predicted molar refractivity (Wildman–Crippen MR) is 106 cm³/mol. The van der Waals surface area contributed by atoms with Crippen molar-refractivity contribution in [3.63, 3.8) is 0 Å². The second-order valence-corrected chi connectivity index (χ2v) is 6.07. The van der Waals surface area contributed by atoms with Crippen LogP contribution in [0, 0.1) is 0 Å². The van der Waals surface area contributed by atoms with Gasteiger partial charge in [-0.3, -0.25) is 4.79 Å². The molecule has 5 heteroatoms. The van der Waals surface area contributed by atoms with E-state index in [-0.39, 0.29) is 12.5 Å². The second-order valence-electron chi connectivity index (χ2n) is 6.07. The highest BCUT2D eigenvalue weighted by molar-refractivity contribution is 5.93. The van der Waals surface area contributed by atoms with Gasteiger partial charge in [-0.25, -0.2) is 0 Å². The first kappa shape index (κ1) is 19.6. The lowest BCUT2D eigenvalue weighted by atomic mass is 10.2. The van der Waals surface area contributed by atoms with Crippen molar-refractivity contribution in [1.29, 1.82) is 0 Å². The molecule has 0 aliphatic rings. The van der Waals surface area contributed by atoms with Crippen molar-refractivity contribution >= 4 is 17.3 Å². The zero-order valence-electron chi connectivity index (χ0n) is 15.6. The van der Waals surface area contributed by atoms with Crippen LogP contribution in [-0.4, -0.2) is 26.2 Å². The van der Waals surface area contributed by atoms with Gasteiger partial charge in [0.15, 0.2) is 0 Å². The van der Waals surface area contributed by atoms with E-state index in [1.807, 2.05) is 42.5 Å². The van der Waals surface area contributed by atoms with Gasteiger partial charge in [0.1, 0.15) is 11.5 Å². The number of methoxy groups -OCH3 is 1. The minimum absolute atomic E-state index is 0.116. The van der Waals surface area contributed by atoms with Crippen molar-refractivity contribution in [1.82, 2.24) is 0 Å². The minimum Gasteiger partial charge on any atom is -0.497 e. The third-order valence-electron chi connectivity index (χ3n) is 3.93. The van der Waals surface area contributed by atoms with Crippen LogP contribution < -0.4 is 20.1 Å². The lowest BCUT2D eigenvalue weighted by molar-refractivity contribution is -0.114. The van der Waals surface area contributed by atoms with Gasteiger partial charge in [-0.2, -0.15) is 0 Å². The first-order chi connectivity index (χ1) is 12.7. The number of benzene rings is 2. The van der Waals surface area contributed by atoms with Crippen molar-refractivity contribution in [2.75, 3.05) is 30.9 Å². The van der Waals surface area contributed by atoms with Gasteiger partial charge >= 0.3 is 0 Å². The smallest absolute Gasteiger partial charge is 0.243 e. The topological polar surface area (TPSA) is 59.6 Å². The summed E-state index contributed by atoms with van der Waals surface area (Å²) in [5, 5.41) is 5.94. The maximum atomic E-state index is 12.0. The standard InChI is InChI=1S/C21H28N2O3/c1-3-4-5-6-14-26-19-12-10-17(11-13-19)22-16-21(24)23-18-8-7-9-20(15-18)25-2/h7-13,15,22H,3-6,14,16H2,1-2H3,(H,23,24). The minimum atomic E-state index is -0.116. The van der Waals surface area contributed by atoms with Crippen LogP contribution in [0.1, 0.15) is 32.6 Å². The molecular formula is C21H28N2O3. The Labute approximate surface area is 155 Å². The number of amides is 1. The Morgan fingerprint density at radius 1 is 0.962 bits per heavy atom. The Kier molecular flexibility index (Phi) is 8.33. The highest BCUT2D eigenvalue weighted by Gasteiger charge is 2.04. The first-order valence-corrected chi connectivity index (χ1v) is 9.12. The third-order valence-corrected chi connectivity index (χ3v) is 3.93. The number of unbranched alkanes of at least 4 members (excludes halogenated alkanes) is 3. The zero-order chi connectivity index (χ0) is 18.6. The zero-order valence-corrected chi connectivity index (χ0v) is 15.6. The van der Waals surface area contributed by atoms with Gasteiger partial charge in [-0.15, -0.1) is 0 Å². The predicted octanol–water partition coefficient (Wildman–Crippen LogP) is 4.70. The van der Waals surface area contributed by atoms with Crippen molar-refractivity contribution < 1.29 is 14.3 Å². The van der Waals surface area contributed by atoms with Crippen LogP contribution in [0.3, 0.4) is 0 Å². The molecule has 140 valence electrons.